The molecule has 1 amide bonds. The van der Waals surface area contributed by atoms with Crippen molar-refractivity contribution in [3.63, 3.8) is 0 Å². The summed E-state index contributed by atoms with van der Waals surface area (Å²) in [7, 11) is -3.99. The van der Waals surface area contributed by atoms with Gasteiger partial charge in [-0.25, -0.2) is 13.1 Å². The summed E-state index contributed by atoms with van der Waals surface area (Å²) in [6.45, 7) is 1.27. The van der Waals surface area contributed by atoms with Crippen LogP contribution in [0.3, 0.4) is 0 Å². The van der Waals surface area contributed by atoms with E-state index in [1.807, 2.05) is 0 Å². The summed E-state index contributed by atoms with van der Waals surface area (Å²) in [4.78, 5) is 27.4. The highest BCUT2D eigenvalue weighted by Crippen LogP contribution is 2.38. The normalized spacial score (nSPS) is 12.3. The van der Waals surface area contributed by atoms with E-state index >= 15 is 0 Å². The average Bonchev–Trinajstić information content (AvgIpc) is 2.93. The van der Waals surface area contributed by atoms with E-state index in [0.717, 1.165) is 0 Å². The smallest absolute Gasteiger partial charge is 0.342 e. The quantitative estimate of drug-likeness (QED) is 0.677. The lowest BCUT2D eigenvalue weighted by molar-refractivity contribution is -0.140. The molecular weight excluding hydrogens is 401 g/mol. The number of nitrogens with zero attached hydrogens (tertiary/aromatic N) is 2. The average molecular weight is 414 g/mol. The van der Waals surface area contributed by atoms with Crippen LogP contribution in [-0.2, 0) is 16.2 Å². The van der Waals surface area contributed by atoms with Gasteiger partial charge in [0.15, 0.2) is 5.69 Å². The van der Waals surface area contributed by atoms with E-state index in [1.165, 1.54) is 31.2 Å². The van der Waals surface area contributed by atoms with Gasteiger partial charge in [-0.3, -0.25) is 9.59 Å². The molecule has 2 aromatic heterocycles. The van der Waals surface area contributed by atoms with Crippen LogP contribution in [0.4, 0.5) is 13.2 Å². The molecule has 3 aromatic rings. The van der Waals surface area contributed by atoms with Crippen molar-refractivity contribution in [3.8, 4) is 11.1 Å². The van der Waals surface area contributed by atoms with Gasteiger partial charge in [0.2, 0.25) is 10.0 Å². The topological polar surface area (TPSA) is 113 Å². The van der Waals surface area contributed by atoms with Crippen LogP contribution in [0.15, 0.2) is 35.1 Å². The summed E-state index contributed by atoms with van der Waals surface area (Å²) >= 11 is 0. The molecule has 0 atom stereocenters. The second-order valence-corrected chi connectivity index (χ2v) is 7.73. The van der Waals surface area contributed by atoms with Crippen LogP contribution in [0.25, 0.3) is 16.8 Å². The molecule has 0 saturated heterocycles. The molecule has 12 heteroatoms. The second kappa shape index (κ2) is 6.48. The Bertz CT molecular complexity index is 1240. The van der Waals surface area contributed by atoms with Crippen LogP contribution < -0.4 is 10.3 Å². The number of fused-ring (bicyclic) bond motifs is 1. The van der Waals surface area contributed by atoms with Gasteiger partial charge in [0, 0.05) is 5.69 Å². The Balaban J connectivity index is 2.37. The Labute approximate surface area is 156 Å². The van der Waals surface area contributed by atoms with Gasteiger partial charge >= 0.3 is 6.18 Å². The first-order chi connectivity index (χ1) is 12.9. The van der Waals surface area contributed by atoms with Crippen LogP contribution in [-0.4, -0.2) is 35.2 Å². The van der Waals surface area contributed by atoms with Crippen LogP contribution in [0.1, 0.15) is 21.7 Å². The molecule has 3 rings (SSSR count). The number of H-pyrrole nitrogens is 1. The summed E-state index contributed by atoms with van der Waals surface area (Å²) in [6.07, 6.45) is -4.17. The first-order valence-corrected chi connectivity index (χ1v) is 9.59. The predicted octanol–water partition coefficient (Wildman–Crippen LogP) is 1.71. The number of aromatic nitrogens is 3. The third-order valence-corrected chi connectivity index (χ3v) is 4.36. The van der Waals surface area contributed by atoms with Crippen molar-refractivity contribution < 1.29 is 26.4 Å². The van der Waals surface area contributed by atoms with E-state index in [9.17, 15) is 31.2 Å². The highest BCUT2D eigenvalue weighted by atomic mass is 32.2. The summed E-state index contributed by atoms with van der Waals surface area (Å²) in [5, 5.41) is 3.36. The highest BCUT2D eigenvalue weighted by molar-refractivity contribution is 7.89. The third kappa shape index (κ3) is 3.50. The fraction of sp³-hybridized carbons (Fsp3) is 0.188. The standard InChI is InChI=1S/C16H13F3N4O4S/c1-8-10(14(24)22-28(2,26)27)15(25)23-13(20-8)11(9-6-4-3-5-7-9)12(21-23)16(17,18)19/h3-7,20H,1-2H3,(H,22,24). The molecule has 28 heavy (non-hydrogen) atoms. The molecule has 0 aliphatic carbocycles. The molecule has 0 radical (unpaired) electrons. The van der Waals surface area contributed by atoms with E-state index in [4.69, 9.17) is 0 Å². The SMILES string of the molecule is Cc1[nH]c2c(-c3ccccc3)c(C(F)(F)F)nn2c(=O)c1C(=O)NS(C)(=O)=O. The number of rotatable bonds is 3. The van der Waals surface area contributed by atoms with Gasteiger partial charge in [-0.15, -0.1) is 0 Å². The van der Waals surface area contributed by atoms with Crippen molar-refractivity contribution in [2.45, 2.75) is 13.1 Å². The summed E-state index contributed by atoms with van der Waals surface area (Å²) in [5.41, 5.74) is -3.72. The number of benzene rings is 1. The first kappa shape index (κ1) is 19.6. The zero-order valence-electron chi connectivity index (χ0n) is 14.5. The van der Waals surface area contributed by atoms with Gasteiger partial charge in [-0.1, -0.05) is 30.3 Å². The monoisotopic (exact) mass is 414 g/mol. The number of alkyl halides is 3. The Morgan fingerprint density at radius 2 is 1.82 bits per heavy atom. The third-order valence-electron chi connectivity index (χ3n) is 3.81. The molecule has 0 unspecified atom stereocenters. The number of aromatic amines is 1. The molecule has 0 fully saturated rings. The maximum absolute atomic E-state index is 13.5. The lowest BCUT2D eigenvalue weighted by atomic mass is 10.1. The highest BCUT2D eigenvalue weighted by Gasteiger charge is 2.39. The van der Waals surface area contributed by atoms with Gasteiger partial charge in [-0.05, 0) is 12.5 Å². The van der Waals surface area contributed by atoms with E-state index in [2.05, 4.69) is 10.1 Å². The summed E-state index contributed by atoms with van der Waals surface area (Å²) < 4.78 is 65.2. The van der Waals surface area contributed by atoms with Crippen molar-refractivity contribution >= 4 is 21.6 Å². The lowest BCUT2D eigenvalue weighted by Crippen LogP contribution is -2.36. The number of halogens is 3. The number of amides is 1. The Hall–Kier alpha value is -3.15. The molecule has 2 heterocycles. The second-order valence-electron chi connectivity index (χ2n) is 5.98. The maximum Gasteiger partial charge on any atom is 0.435 e. The molecule has 0 bridgehead atoms. The van der Waals surface area contributed by atoms with Crippen molar-refractivity contribution in [1.82, 2.24) is 19.3 Å². The van der Waals surface area contributed by atoms with Crippen LogP contribution in [0.5, 0.6) is 0 Å². The van der Waals surface area contributed by atoms with Gasteiger partial charge in [-0.2, -0.15) is 22.8 Å². The number of carbonyl (C=O) groups is 1. The molecule has 0 saturated carbocycles. The molecule has 0 aliphatic rings. The van der Waals surface area contributed by atoms with Crippen LogP contribution >= 0.6 is 0 Å². The molecular formula is C16H13F3N4O4S. The van der Waals surface area contributed by atoms with E-state index < -0.39 is 38.9 Å². The largest absolute Gasteiger partial charge is 0.435 e. The number of carbonyl (C=O) groups excluding carboxylic acids is 1. The van der Waals surface area contributed by atoms with E-state index in [1.54, 1.807) is 10.8 Å². The van der Waals surface area contributed by atoms with Crippen molar-refractivity contribution in [1.29, 1.82) is 0 Å². The fourth-order valence-electron chi connectivity index (χ4n) is 2.75. The first-order valence-electron chi connectivity index (χ1n) is 7.70. The lowest BCUT2D eigenvalue weighted by Gasteiger charge is -2.08. The molecule has 1 aromatic carbocycles. The molecule has 2 N–H and O–H groups in total. The summed E-state index contributed by atoms with van der Waals surface area (Å²) in [5.74, 6) is -1.27. The fourth-order valence-corrected chi connectivity index (χ4v) is 3.19. The zero-order chi connectivity index (χ0) is 20.9. The van der Waals surface area contributed by atoms with Crippen LogP contribution in [0, 0.1) is 6.92 Å². The number of aryl methyl sites for hydroxylation is 1. The van der Waals surface area contributed by atoms with Crippen molar-refractivity contribution in [2.24, 2.45) is 0 Å². The number of hydrogen-bond donors (Lipinski definition) is 2. The van der Waals surface area contributed by atoms with Gasteiger partial charge in [0.05, 0.1) is 11.8 Å². The maximum atomic E-state index is 13.5. The number of sulfonamides is 1. The Kier molecular flexibility index (Phi) is 4.54. The van der Waals surface area contributed by atoms with Crippen LogP contribution in [0.2, 0.25) is 0 Å². The van der Waals surface area contributed by atoms with Crippen molar-refractivity contribution in [2.75, 3.05) is 6.26 Å². The molecule has 0 aliphatic heterocycles. The molecule has 148 valence electrons. The minimum Gasteiger partial charge on any atom is -0.342 e. The van der Waals surface area contributed by atoms with E-state index in [-0.39, 0.29) is 22.5 Å². The minimum absolute atomic E-state index is 0.107. The van der Waals surface area contributed by atoms with Gasteiger partial charge in [0.25, 0.3) is 11.5 Å². The number of hydrogen-bond acceptors (Lipinski definition) is 5. The summed E-state index contributed by atoms with van der Waals surface area (Å²) in [6, 6.07) is 7.51. The molecule has 0 spiro atoms. The van der Waals surface area contributed by atoms with E-state index in [0.29, 0.717) is 10.8 Å². The predicted molar refractivity (Wildman–Crippen MR) is 93.3 cm³/mol. The minimum atomic E-state index is -4.87. The Morgan fingerprint density at radius 3 is 2.36 bits per heavy atom. The Morgan fingerprint density at radius 1 is 1.21 bits per heavy atom. The van der Waals surface area contributed by atoms with Gasteiger partial charge in [0.1, 0.15) is 11.2 Å². The molecule has 8 nitrogen and oxygen atoms in total. The number of nitrogens with one attached hydrogen (secondary N) is 2. The van der Waals surface area contributed by atoms with Gasteiger partial charge < -0.3 is 4.98 Å². The van der Waals surface area contributed by atoms with Crippen molar-refractivity contribution in [3.05, 3.63) is 57.6 Å². The zero-order valence-corrected chi connectivity index (χ0v) is 15.3.